The molecule has 1 fully saturated rings. The Morgan fingerprint density at radius 3 is 3.00 bits per heavy atom. The molecule has 1 aromatic heterocycles. The smallest absolute Gasteiger partial charge is 0.155 e. The lowest BCUT2D eigenvalue weighted by Gasteiger charge is -2.11. The van der Waals surface area contributed by atoms with Crippen molar-refractivity contribution in [2.24, 2.45) is 10.1 Å². The molecule has 2 aliphatic rings. The number of aromatic nitrogens is 1. The lowest BCUT2D eigenvalue weighted by molar-refractivity contribution is 0.318. The van der Waals surface area contributed by atoms with Gasteiger partial charge in [-0.25, -0.2) is 14.4 Å². The van der Waals surface area contributed by atoms with E-state index in [1.54, 1.807) is 18.3 Å². The van der Waals surface area contributed by atoms with Gasteiger partial charge in [0.1, 0.15) is 5.82 Å². The molecule has 0 aliphatic carbocycles. The third-order valence-electron chi connectivity index (χ3n) is 5.11. The van der Waals surface area contributed by atoms with Gasteiger partial charge in [-0.15, -0.1) is 0 Å². The van der Waals surface area contributed by atoms with E-state index in [1.165, 1.54) is 18.9 Å². The summed E-state index contributed by atoms with van der Waals surface area (Å²) in [5.74, 6) is 0.227. The SMILES string of the molecule is O/N=C(\Cc1ccc(F)c(Cl)c1)c1ccnc2c1CC(CC1CCCN1)=N2. The van der Waals surface area contributed by atoms with Crippen LogP contribution in [0.3, 0.4) is 0 Å². The minimum atomic E-state index is -0.466. The molecule has 5 nitrogen and oxygen atoms in total. The number of benzene rings is 1. The minimum absolute atomic E-state index is 0.0550. The van der Waals surface area contributed by atoms with E-state index in [2.05, 4.69) is 20.4 Å². The van der Waals surface area contributed by atoms with Gasteiger partial charge in [0, 0.05) is 48.3 Å². The highest BCUT2D eigenvalue weighted by Gasteiger charge is 2.25. The number of nitrogens with zero attached hydrogens (tertiary/aromatic N) is 3. The largest absolute Gasteiger partial charge is 0.411 e. The van der Waals surface area contributed by atoms with Crippen LogP contribution < -0.4 is 5.32 Å². The number of hydrogen-bond acceptors (Lipinski definition) is 5. The van der Waals surface area contributed by atoms with Gasteiger partial charge in [-0.3, -0.25) is 0 Å². The summed E-state index contributed by atoms with van der Waals surface area (Å²) in [6.07, 6.45) is 6.01. The Labute approximate surface area is 162 Å². The summed E-state index contributed by atoms with van der Waals surface area (Å²) in [5, 5.41) is 16.7. The van der Waals surface area contributed by atoms with Crippen molar-refractivity contribution in [3.63, 3.8) is 0 Å². The average molecular weight is 387 g/mol. The van der Waals surface area contributed by atoms with Crippen molar-refractivity contribution in [2.75, 3.05) is 6.54 Å². The zero-order valence-electron chi connectivity index (χ0n) is 14.8. The minimum Gasteiger partial charge on any atom is -0.411 e. The normalized spacial score (nSPS) is 19.3. The number of fused-ring (bicyclic) bond motifs is 1. The highest BCUT2D eigenvalue weighted by atomic mass is 35.5. The van der Waals surface area contributed by atoms with Crippen LogP contribution in [0.4, 0.5) is 10.2 Å². The van der Waals surface area contributed by atoms with E-state index >= 15 is 0 Å². The molecule has 1 saturated heterocycles. The molecule has 3 heterocycles. The molecule has 0 amide bonds. The molecular formula is C20H20ClFN4O. The molecule has 140 valence electrons. The van der Waals surface area contributed by atoms with E-state index in [9.17, 15) is 9.60 Å². The highest BCUT2D eigenvalue weighted by molar-refractivity contribution is 6.30. The van der Waals surface area contributed by atoms with Gasteiger partial charge in [0.05, 0.1) is 10.7 Å². The fourth-order valence-corrected chi connectivity index (χ4v) is 3.98. The molecule has 1 unspecified atom stereocenters. The third kappa shape index (κ3) is 3.87. The first kappa shape index (κ1) is 18.1. The van der Waals surface area contributed by atoms with Gasteiger partial charge >= 0.3 is 0 Å². The van der Waals surface area contributed by atoms with E-state index in [4.69, 9.17) is 11.6 Å². The first-order chi connectivity index (χ1) is 13.1. The maximum atomic E-state index is 13.4. The van der Waals surface area contributed by atoms with Crippen LogP contribution in [0.1, 0.15) is 36.0 Å². The average Bonchev–Trinajstić information content (AvgIpc) is 3.32. The predicted octanol–water partition coefficient (Wildman–Crippen LogP) is 4.07. The van der Waals surface area contributed by atoms with E-state index in [0.29, 0.717) is 30.4 Å². The Morgan fingerprint density at radius 1 is 1.37 bits per heavy atom. The van der Waals surface area contributed by atoms with Crippen LogP contribution in [0.5, 0.6) is 0 Å². The first-order valence-corrected chi connectivity index (χ1v) is 9.45. The van der Waals surface area contributed by atoms with Gasteiger partial charge < -0.3 is 10.5 Å². The van der Waals surface area contributed by atoms with E-state index in [0.717, 1.165) is 35.4 Å². The predicted molar refractivity (Wildman–Crippen MR) is 104 cm³/mol. The number of halogens is 2. The van der Waals surface area contributed by atoms with Crippen LogP contribution in [0, 0.1) is 5.82 Å². The molecular weight excluding hydrogens is 367 g/mol. The Balaban J connectivity index is 1.55. The van der Waals surface area contributed by atoms with Gasteiger partial charge in [0.15, 0.2) is 5.82 Å². The maximum Gasteiger partial charge on any atom is 0.155 e. The Kier molecular flexibility index (Phi) is 5.18. The van der Waals surface area contributed by atoms with Crippen LogP contribution in [0.25, 0.3) is 0 Å². The molecule has 1 atom stereocenters. The summed E-state index contributed by atoms with van der Waals surface area (Å²) in [7, 11) is 0. The summed E-state index contributed by atoms with van der Waals surface area (Å²) < 4.78 is 13.4. The Hall–Kier alpha value is -2.31. The molecule has 2 N–H and O–H groups in total. The number of pyridine rings is 1. The second-order valence-corrected chi connectivity index (χ2v) is 7.39. The summed E-state index contributed by atoms with van der Waals surface area (Å²) in [5.41, 5.74) is 4.17. The Bertz CT molecular complexity index is 922. The molecule has 0 saturated carbocycles. The molecule has 0 spiro atoms. The number of hydrogen-bond donors (Lipinski definition) is 2. The summed E-state index contributed by atoms with van der Waals surface area (Å²) >= 11 is 5.87. The summed E-state index contributed by atoms with van der Waals surface area (Å²) in [6, 6.07) is 6.83. The molecule has 0 radical (unpaired) electrons. The quantitative estimate of drug-likeness (QED) is 0.462. The molecule has 27 heavy (non-hydrogen) atoms. The lowest BCUT2D eigenvalue weighted by atomic mass is 9.95. The fourth-order valence-electron chi connectivity index (χ4n) is 3.78. The van der Waals surface area contributed by atoms with E-state index in [1.807, 2.05) is 6.07 Å². The molecule has 7 heteroatoms. The molecule has 4 rings (SSSR count). The zero-order chi connectivity index (χ0) is 18.8. The van der Waals surface area contributed by atoms with Crippen molar-refractivity contribution in [3.8, 4) is 0 Å². The number of aliphatic imine (C=N–C) groups is 1. The van der Waals surface area contributed by atoms with E-state index < -0.39 is 5.82 Å². The van der Waals surface area contributed by atoms with Crippen LogP contribution in [-0.4, -0.2) is 34.2 Å². The maximum absolute atomic E-state index is 13.4. The van der Waals surface area contributed by atoms with Crippen molar-refractivity contribution in [1.82, 2.24) is 10.3 Å². The van der Waals surface area contributed by atoms with Crippen molar-refractivity contribution < 1.29 is 9.60 Å². The number of rotatable bonds is 5. The van der Waals surface area contributed by atoms with Gasteiger partial charge in [0.25, 0.3) is 0 Å². The van der Waals surface area contributed by atoms with Crippen LogP contribution in [0.15, 0.2) is 40.6 Å². The van der Waals surface area contributed by atoms with Gasteiger partial charge in [-0.05, 0) is 43.1 Å². The molecule has 2 aromatic rings. The second kappa shape index (κ2) is 7.74. The van der Waals surface area contributed by atoms with Crippen LogP contribution >= 0.6 is 11.6 Å². The third-order valence-corrected chi connectivity index (χ3v) is 5.40. The topological polar surface area (TPSA) is 69.9 Å². The lowest BCUT2D eigenvalue weighted by Crippen LogP contribution is -2.24. The monoisotopic (exact) mass is 386 g/mol. The van der Waals surface area contributed by atoms with Crippen molar-refractivity contribution in [1.29, 1.82) is 0 Å². The molecule has 1 aromatic carbocycles. The number of oxime groups is 1. The molecule has 2 aliphatic heterocycles. The van der Waals surface area contributed by atoms with E-state index in [-0.39, 0.29) is 5.02 Å². The highest BCUT2D eigenvalue weighted by Crippen LogP contribution is 2.30. The number of nitrogens with one attached hydrogen (secondary N) is 1. The van der Waals surface area contributed by atoms with Crippen molar-refractivity contribution in [2.45, 2.75) is 38.1 Å². The molecule has 0 bridgehead atoms. The first-order valence-electron chi connectivity index (χ1n) is 9.07. The van der Waals surface area contributed by atoms with Crippen LogP contribution in [-0.2, 0) is 12.8 Å². The van der Waals surface area contributed by atoms with Crippen molar-refractivity contribution in [3.05, 3.63) is 58.0 Å². The standard InChI is InChI=1S/C20H20ClFN4O/c21-17-8-12(3-4-18(17)22)9-19(26-27)15-5-7-24-20-16(15)11-14(25-20)10-13-2-1-6-23-13/h3-5,7-8,13,23,27H,1-2,6,9-11H2/b26-19+. The zero-order valence-corrected chi connectivity index (χ0v) is 15.5. The fraction of sp³-hybridized carbons (Fsp3) is 0.350. The van der Waals surface area contributed by atoms with Crippen molar-refractivity contribution >= 4 is 28.8 Å². The summed E-state index contributed by atoms with van der Waals surface area (Å²) in [4.78, 5) is 9.06. The van der Waals surface area contributed by atoms with Gasteiger partial charge in [0.2, 0.25) is 0 Å². The summed E-state index contributed by atoms with van der Waals surface area (Å²) in [6.45, 7) is 1.07. The Morgan fingerprint density at radius 2 is 2.26 bits per heavy atom. The second-order valence-electron chi connectivity index (χ2n) is 6.98. The van der Waals surface area contributed by atoms with Gasteiger partial charge in [-0.2, -0.15) is 0 Å². The van der Waals surface area contributed by atoms with Gasteiger partial charge in [-0.1, -0.05) is 22.8 Å². The van der Waals surface area contributed by atoms with Crippen LogP contribution in [0.2, 0.25) is 5.02 Å².